The molecule has 14 heavy (non-hydrogen) atoms. The highest BCUT2D eigenvalue weighted by Crippen LogP contribution is 2.33. The van der Waals surface area contributed by atoms with Crippen LogP contribution in [0.1, 0.15) is 5.56 Å². The third kappa shape index (κ3) is 1.43. The fourth-order valence-electron chi connectivity index (χ4n) is 1.17. The van der Waals surface area contributed by atoms with Gasteiger partial charge < -0.3 is 4.98 Å². The first-order valence-electron chi connectivity index (χ1n) is 3.68. The molecule has 0 radical (unpaired) electrons. The van der Waals surface area contributed by atoms with Gasteiger partial charge in [0.25, 0.3) is 0 Å². The van der Waals surface area contributed by atoms with Gasteiger partial charge in [0.15, 0.2) is 0 Å². The zero-order valence-corrected chi connectivity index (χ0v) is 7.45. The molecule has 2 rings (SSSR count). The van der Waals surface area contributed by atoms with E-state index in [-0.39, 0.29) is 10.5 Å². The van der Waals surface area contributed by atoms with Crippen LogP contribution in [-0.4, -0.2) is 9.97 Å². The van der Waals surface area contributed by atoms with E-state index in [1.54, 1.807) is 0 Å². The molecule has 0 fully saturated rings. The fraction of sp³-hybridized carbons (Fsp3) is 0.125. The summed E-state index contributed by atoms with van der Waals surface area (Å²) in [6, 6.07) is 1.83. The molecule has 0 amide bonds. The van der Waals surface area contributed by atoms with Crippen LogP contribution in [0.3, 0.4) is 0 Å². The third-order valence-electron chi connectivity index (χ3n) is 1.81. The van der Waals surface area contributed by atoms with E-state index in [2.05, 4.69) is 9.97 Å². The molecule has 0 aliphatic carbocycles. The Hall–Kier alpha value is -1.23. The summed E-state index contributed by atoms with van der Waals surface area (Å²) in [4.78, 5) is 6.37. The minimum Gasteiger partial charge on any atom is -0.343 e. The van der Waals surface area contributed by atoms with Crippen LogP contribution in [0.5, 0.6) is 0 Å². The topological polar surface area (TPSA) is 28.7 Å². The van der Waals surface area contributed by atoms with Crippen molar-refractivity contribution in [1.29, 1.82) is 0 Å². The molecule has 0 spiro atoms. The zero-order chi connectivity index (χ0) is 10.3. The van der Waals surface area contributed by atoms with E-state index in [1.807, 2.05) is 0 Å². The Morgan fingerprint density at radius 1 is 1.29 bits per heavy atom. The predicted molar refractivity (Wildman–Crippen MR) is 46.1 cm³/mol. The molecule has 0 atom stereocenters. The maximum atomic E-state index is 12.3. The average Bonchev–Trinajstić information content (AvgIpc) is 2.50. The maximum Gasteiger partial charge on any atom is 0.416 e. The van der Waals surface area contributed by atoms with Crippen molar-refractivity contribution in [3.05, 3.63) is 29.0 Å². The van der Waals surface area contributed by atoms with Crippen LogP contribution in [0.15, 0.2) is 18.5 Å². The highest BCUT2D eigenvalue weighted by atomic mass is 35.5. The summed E-state index contributed by atoms with van der Waals surface area (Å²) < 4.78 is 36.9. The first-order valence-corrected chi connectivity index (χ1v) is 4.06. The number of alkyl halides is 3. The Labute approximate surface area is 81.7 Å². The number of fused-ring (bicyclic) bond motifs is 1. The van der Waals surface area contributed by atoms with E-state index in [0.29, 0.717) is 5.52 Å². The smallest absolute Gasteiger partial charge is 0.343 e. The lowest BCUT2D eigenvalue weighted by Crippen LogP contribution is -2.04. The second kappa shape index (κ2) is 2.88. The molecule has 0 saturated heterocycles. The van der Waals surface area contributed by atoms with E-state index in [0.717, 1.165) is 12.1 Å². The third-order valence-corrected chi connectivity index (χ3v) is 2.11. The van der Waals surface area contributed by atoms with Gasteiger partial charge in [-0.3, -0.25) is 0 Å². The Bertz CT molecular complexity index is 475. The SMILES string of the molecule is FC(F)(F)c1cc(Cl)c2[nH]cnc2c1. The standard InChI is InChI=1S/C8H4ClF3N2/c9-5-1-4(8(10,11)12)2-6-7(5)14-3-13-6/h1-3H,(H,13,14). The summed E-state index contributed by atoms with van der Waals surface area (Å²) in [7, 11) is 0. The lowest BCUT2D eigenvalue weighted by molar-refractivity contribution is -0.137. The molecule has 0 aliphatic rings. The lowest BCUT2D eigenvalue weighted by atomic mass is 10.2. The number of rotatable bonds is 0. The number of H-pyrrole nitrogens is 1. The summed E-state index contributed by atoms with van der Waals surface area (Å²) in [6.07, 6.45) is -3.09. The second-order valence-corrected chi connectivity index (χ2v) is 3.16. The van der Waals surface area contributed by atoms with Crippen LogP contribution < -0.4 is 0 Å². The molecule has 0 bridgehead atoms. The predicted octanol–water partition coefficient (Wildman–Crippen LogP) is 3.24. The number of nitrogens with one attached hydrogen (secondary N) is 1. The second-order valence-electron chi connectivity index (χ2n) is 2.75. The minimum atomic E-state index is -4.39. The monoisotopic (exact) mass is 220 g/mol. The quantitative estimate of drug-likeness (QED) is 0.726. The van der Waals surface area contributed by atoms with Crippen LogP contribution in [0.2, 0.25) is 5.02 Å². The zero-order valence-electron chi connectivity index (χ0n) is 6.69. The van der Waals surface area contributed by atoms with Gasteiger partial charge in [-0.2, -0.15) is 13.2 Å². The van der Waals surface area contributed by atoms with Gasteiger partial charge in [0, 0.05) is 0 Å². The Morgan fingerprint density at radius 2 is 2.00 bits per heavy atom. The van der Waals surface area contributed by atoms with Crippen molar-refractivity contribution in [3.63, 3.8) is 0 Å². The molecule has 0 unspecified atom stereocenters. The number of hydrogen-bond donors (Lipinski definition) is 1. The number of nitrogens with zero attached hydrogens (tertiary/aromatic N) is 1. The van der Waals surface area contributed by atoms with Gasteiger partial charge in [-0.15, -0.1) is 0 Å². The van der Waals surface area contributed by atoms with Gasteiger partial charge >= 0.3 is 6.18 Å². The van der Waals surface area contributed by atoms with Gasteiger partial charge in [0.05, 0.1) is 27.9 Å². The Morgan fingerprint density at radius 3 is 2.64 bits per heavy atom. The van der Waals surface area contributed by atoms with Crippen molar-refractivity contribution < 1.29 is 13.2 Å². The fourth-order valence-corrected chi connectivity index (χ4v) is 1.44. The van der Waals surface area contributed by atoms with Crippen molar-refractivity contribution in [1.82, 2.24) is 9.97 Å². The maximum absolute atomic E-state index is 12.3. The van der Waals surface area contributed by atoms with E-state index >= 15 is 0 Å². The first kappa shape index (κ1) is 9.33. The molecule has 2 nitrogen and oxygen atoms in total. The molecule has 1 N–H and O–H groups in total. The van der Waals surface area contributed by atoms with Gasteiger partial charge in [-0.05, 0) is 12.1 Å². The van der Waals surface area contributed by atoms with E-state index in [9.17, 15) is 13.2 Å². The average molecular weight is 221 g/mol. The van der Waals surface area contributed by atoms with Crippen molar-refractivity contribution in [2.75, 3.05) is 0 Å². The summed E-state index contributed by atoms with van der Waals surface area (Å²) >= 11 is 5.64. The van der Waals surface area contributed by atoms with Crippen molar-refractivity contribution >= 4 is 22.6 Å². The summed E-state index contributed by atoms with van der Waals surface area (Å²) in [5.74, 6) is 0. The molecular weight excluding hydrogens is 217 g/mol. The molecule has 1 heterocycles. The molecule has 0 saturated carbocycles. The van der Waals surface area contributed by atoms with Crippen molar-refractivity contribution in [2.45, 2.75) is 6.18 Å². The number of halogens is 4. The summed E-state index contributed by atoms with van der Waals surface area (Å²) in [5.41, 5.74) is -0.161. The molecule has 2 aromatic rings. The first-order chi connectivity index (χ1) is 6.48. The highest BCUT2D eigenvalue weighted by molar-refractivity contribution is 6.35. The summed E-state index contributed by atoms with van der Waals surface area (Å²) in [6.45, 7) is 0. The van der Waals surface area contributed by atoms with Crippen LogP contribution in [0.25, 0.3) is 11.0 Å². The summed E-state index contributed by atoms with van der Waals surface area (Å²) in [5, 5.41) is 0.0207. The van der Waals surface area contributed by atoms with E-state index < -0.39 is 11.7 Å². The molecule has 74 valence electrons. The normalized spacial score (nSPS) is 12.3. The Kier molecular flexibility index (Phi) is 1.92. The van der Waals surface area contributed by atoms with Crippen molar-refractivity contribution in [3.8, 4) is 0 Å². The van der Waals surface area contributed by atoms with Gasteiger partial charge in [0.2, 0.25) is 0 Å². The van der Waals surface area contributed by atoms with Gasteiger partial charge in [0.1, 0.15) is 0 Å². The lowest BCUT2D eigenvalue weighted by Gasteiger charge is -2.06. The molecule has 6 heteroatoms. The minimum absolute atomic E-state index is 0.0207. The number of imidazole rings is 1. The number of aromatic amines is 1. The Balaban J connectivity index is 2.70. The molecular formula is C8H4ClF3N2. The van der Waals surface area contributed by atoms with Crippen LogP contribution in [-0.2, 0) is 6.18 Å². The van der Waals surface area contributed by atoms with E-state index in [4.69, 9.17) is 11.6 Å². The van der Waals surface area contributed by atoms with Crippen LogP contribution in [0.4, 0.5) is 13.2 Å². The van der Waals surface area contributed by atoms with Crippen molar-refractivity contribution in [2.24, 2.45) is 0 Å². The van der Waals surface area contributed by atoms with Gasteiger partial charge in [-0.1, -0.05) is 11.6 Å². The number of hydrogen-bond acceptors (Lipinski definition) is 1. The molecule has 1 aromatic carbocycles. The van der Waals surface area contributed by atoms with Gasteiger partial charge in [-0.25, -0.2) is 4.98 Å². The highest BCUT2D eigenvalue weighted by Gasteiger charge is 2.31. The van der Waals surface area contributed by atoms with E-state index in [1.165, 1.54) is 6.33 Å². The largest absolute Gasteiger partial charge is 0.416 e. The number of benzene rings is 1. The van der Waals surface area contributed by atoms with Crippen LogP contribution >= 0.6 is 11.6 Å². The molecule has 0 aliphatic heterocycles. The van der Waals surface area contributed by atoms with Crippen LogP contribution in [0, 0.1) is 0 Å². The molecule has 1 aromatic heterocycles. The number of aromatic nitrogens is 2.